The van der Waals surface area contributed by atoms with Crippen molar-refractivity contribution in [1.82, 2.24) is 4.98 Å². The number of Topliss-reactive ketones (excluding diaryl/α,β-unsaturated/α-hetero) is 1. The number of carbonyl (C=O) groups excluding carboxylic acids is 2. The van der Waals surface area contributed by atoms with Gasteiger partial charge in [-0.15, -0.1) is 0 Å². The maximum absolute atomic E-state index is 12.4. The molecular weight excluding hydrogens is 342 g/mol. The molecule has 0 aliphatic heterocycles. The zero-order valence-electron chi connectivity index (χ0n) is 15.3. The topological polar surface area (TPSA) is 65.5 Å². The molecule has 1 aromatic heterocycles. The molecule has 0 unspecified atom stereocenters. The van der Waals surface area contributed by atoms with Crippen molar-refractivity contribution in [2.45, 2.75) is 25.9 Å². The largest absolute Gasteiger partial charge is 0.497 e. The van der Waals surface area contributed by atoms with E-state index < -0.39 is 12.1 Å². The molecule has 27 heavy (non-hydrogen) atoms. The number of aromatic nitrogens is 1. The summed E-state index contributed by atoms with van der Waals surface area (Å²) in [5, 5.41) is 1.06. The number of hydrogen-bond donors (Lipinski definition) is 0. The summed E-state index contributed by atoms with van der Waals surface area (Å²) in [5.74, 6) is 0.00763. The fraction of sp³-hybridized carbons (Fsp3) is 0.227. The lowest BCUT2D eigenvalue weighted by Crippen LogP contribution is -2.24. The fourth-order valence-corrected chi connectivity index (χ4v) is 2.78. The Balaban J connectivity index is 1.55. The van der Waals surface area contributed by atoms with Crippen LogP contribution in [0.1, 0.15) is 29.4 Å². The molecule has 0 bridgehead atoms. The van der Waals surface area contributed by atoms with Gasteiger partial charge in [-0.3, -0.25) is 14.6 Å². The minimum Gasteiger partial charge on any atom is -0.497 e. The molecule has 0 radical (unpaired) electrons. The Morgan fingerprint density at radius 1 is 1.00 bits per heavy atom. The van der Waals surface area contributed by atoms with E-state index in [4.69, 9.17) is 9.47 Å². The predicted molar refractivity (Wildman–Crippen MR) is 103 cm³/mol. The van der Waals surface area contributed by atoms with E-state index in [1.54, 1.807) is 38.3 Å². The van der Waals surface area contributed by atoms with Gasteiger partial charge in [-0.1, -0.05) is 24.3 Å². The van der Waals surface area contributed by atoms with Crippen LogP contribution in [0.15, 0.2) is 60.7 Å². The molecule has 0 fully saturated rings. The van der Waals surface area contributed by atoms with Gasteiger partial charge in [0, 0.05) is 23.1 Å². The molecule has 0 amide bonds. The highest BCUT2D eigenvalue weighted by Gasteiger charge is 2.19. The van der Waals surface area contributed by atoms with Crippen LogP contribution in [0.5, 0.6) is 5.75 Å². The van der Waals surface area contributed by atoms with Gasteiger partial charge in [0.1, 0.15) is 5.75 Å². The van der Waals surface area contributed by atoms with Crippen LogP contribution in [0.25, 0.3) is 10.9 Å². The summed E-state index contributed by atoms with van der Waals surface area (Å²) in [6.45, 7) is 1.58. The van der Waals surface area contributed by atoms with Gasteiger partial charge in [0.15, 0.2) is 6.10 Å². The summed E-state index contributed by atoms with van der Waals surface area (Å²) in [6.07, 6.45) is -0.200. The molecule has 1 heterocycles. The fourth-order valence-electron chi connectivity index (χ4n) is 2.78. The lowest BCUT2D eigenvalue weighted by atomic mass is 10.1. The first-order valence-corrected chi connectivity index (χ1v) is 8.79. The zero-order chi connectivity index (χ0) is 19.2. The minimum absolute atomic E-state index is 0.172. The van der Waals surface area contributed by atoms with Crippen molar-refractivity contribution in [1.29, 1.82) is 0 Å². The predicted octanol–water partition coefficient (Wildman–Crippen LogP) is 3.99. The molecule has 1 atom stereocenters. The highest BCUT2D eigenvalue weighted by atomic mass is 16.5. The number of nitrogens with zero attached hydrogens (tertiary/aromatic N) is 1. The first-order chi connectivity index (χ1) is 13.1. The lowest BCUT2D eigenvalue weighted by Gasteiger charge is -2.12. The van der Waals surface area contributed by atoms with Crippen molar-refractivity contribution in [2.24, 2.45) is 0 Å². The van der Waals surface area contributed by atoms with Gasteiger partial charge in [-0.2, -0.15) is 0 Å². The summed E-state index contributed by atoms with van der Waals surface area (Å²) in [5.41, 5.74) is 2.19. The van der Waals surface area contributed by atoms with Crippen LogP contribution in [0, 0.1) is 0 Å². The quantitative estimate of drug-likeness (QED) is 0.469. The van der Waals surface area contributed by atoms with Crippen molar-refractivity contribution in [3.63, 3.8) is 0 Å². The van der Waals surface area contributed by atoms with Crippen LogP contribution >= 0.6 is 0 Å². The summed E-state index contributed by atoms with van der Waals surface area (Å²) in [7, 11) is 1.56. The van der Waals surface area contributed by atoms with E-state index in [2.05, 4.69) is 4.98 Å². The van der Waals surface area contributed by atoms with Gasteiger partial charge in [0.05, 0.1) is 19.0 Å². The lowest BCUT2D eigenvalue weighted by molar-refractivity contribution is -0.146. The average Bonchev–Trinajstić information content (AvgIpc) is 2.71. The van der Waals surface area contributed by atoms with E-state index >= 15 is 0 Å². The van der Waals surface area contributed by atoms with Crippen LogP contribution < -0.4 is 4.74 Å². The van der Waals surface area contributed by atoms with Crippen LogP contribution in [0.2, 0.25) is 0 Å². The van der Waals surface area contributed by atoms with Gasteiger partial charge in [0.2, 0.25) is 5.78 Å². The Morgan fingerprint density at radius 2 is 1.74 bits per heavy atom. The van der Waals surface area contributed by atoms with Crippen molar-refractivity contribution < 1.29 is 19.1 Å². The molecule has 3 rings (SSSR count). The van der Waals surface area contributed by atoms with E-state index in [0.29, 0.717) is 17.7 Å². The van der Waals surface area contributed by atoms with E-state index in [0.717, 1.165) is 16.6 Å². The van der Waals surface area contributed by atoms with E-state index in [1.165, 1.54) is 0 Å². The Kier molecular flexibility index (Phi) is 5.81. The van der Waals surface area contributed by atoms with Gasteiger partial charge in [-0.05, 0) is 43.3 Å². The Bertz CT molecular complexity index is 950. The number of benzene rings is 2. The van der Waals surface area contributed by atoms with Gasteiger partial charge >= 0.3 is 5.97 Å². The molecule has 3 aromatic rings. The smallest absolute Gasteiger partial charge is 0.306 e. The van der Waals surface area contributed by atoms with E-state index in [1.807, 2.05) is 36.4 Å². The highest BCUT2D eigenvalue weighted by Crippen LogP contribution is 2.15. The molecule has 5 nitrogen and oxygen atoms in total. The highest BCUT2D eigenvalue weighted by molar-refractivity contribution is 6.00. The third kappa shape index (κ3) is 4.70. The second kappa shape index (κ2) is 8.45. The Labute approximate surface area is 157 Å². The molecule has 5 heteroatoms. The van der Waals surface area contributed by atoms with Crippen molar-refractivity contribution in [3.05, 3.63) is 71.9 Å². The summed E-state index contributed by atoms with van der Waals surface area (Å²) < 4.78 is 10.4. The number of esters is 1. The van der Waals surface area contributed by atoms with Crippen LogP contribution in [-0.2, 0) is 16.0 Å². The molecular formula is C22H21NO4. The number of rotatable bonds is 7. The molecule has 0 aliphatic carbocycles. The number of para-hydroxylation sites is 1. The molecule has 0 saturated carbocycles. The first kappa shape index (κ1) is 18.6. The van der Waals surface area contributed by atoms with Gasteiger partial charge in [0.25, 0.3) is 0 Å². The maximum Gasteiger partial charge on any atom is 0.306 e. The van der Waals surface area contributed by atoms with E-state index in [-0.39, 0.29) is 12.2 Å². The number of pyridine rings is 1. The monoisotopic (exact) mass is 363 g/mol. The Hall–Kier alpha value is -3.21. The summed E-state index contributed by atoms with van der Waals surface area (Å²) in [6, 6.07) is 18.4. The first-order valence-electron chi connectivity index (χ1n) is 8.79. The molecule has 0 aliphatic rings. The number of ether oxygens (including phenoxy) is 2. The number of methoxy groups -OCH3 is 1. The third-order valence-electron chi connectivity index (χ3n) is 4.29. The van der Waals surface area contributed by atoms with Crippen molar-refractivity contribution >= 4 is 22.7 Å². The normalized spacial score (nSPS) is 11.8. The van der Waals surface area contributed by atoms with E-state index in [9.17, 15) is 9.59 Å². The van der Waals surface area contributed by atoms with Crippen LogP contribution in [0.3, 0.4) is 0 Å². The van der Waals surface area contributed by atoms with Crippen LogP contribution in [0.4, 0.5) is 0 Å². The minimum atomic E-state index is -0.838. The zero-order valence-corrected chi connectivity index (χ0v) is 15.3. The number of hydrogen-bond acceptors (Lipinski definition) is 5. The summed E-state index contributed by atoms with van der Waals surface area (Å²) >= 11 is 0. The second-order valence-corrected chi connectivity index (χ2v) is 6.22. The van der Waals surface area contributed by atoms with Crippen molar-refractivity contribution in [2.75, 3.05) is 7.11 Å². The molecule has 0 saturated heterocycles. The van der Waals surface area contributed by atoms with Gasteiger partial charge < -0.3 is 9.47 Å². The second-order valence-electron chi connectivity index (χ2n) is 6.22. The van der Waals surface area contributed by atoms with Crippen LogP contribution in [-0.4, -0.2) is 30.0 Å². The summed E-state index contributed by atoms with van der Waals surface area (Å²) in [4.78, 5) is 29.0. The number of aryl methyl sites for hydroxylation is 1. The van der Waals surface area contributed by atoms with Crippen molar-refractivity contribution in [3.8, 4) is 5.75 Å². The molecule has 138 valence electrons. The number of carbonyl (C=O) groups is 2. The number of fused-ring (bicyclic) bond motifs is 1. The Morgan fingerprint density at radius 3 is 2.48 bits per heavy atom. The standard InChI is InChI=1S/C22H21NO4/c1-15(22(25)17-8-12-19(26-2)13-9-17)27-21(24)14-11-18-10-7-16-5-3-4-6-20(16)23-18/h3-10,12-13,15H,11,14H2,1-2H3/t15-/m1/s1. The molecule has 2 aromatic carbocycles. The maximum atomic E-state index is 12.4. The SMILES string of the molecule is COc1ccc(C(=O)[C@@H](C)OC(=O)CCc2ccc3ccccc3n2)cc1. The van der Waals surface area contributed by atoms with Gasteiger partial charge in [-0.25, -0.2) is 0 Å². The third-order valence-corrected chi connectivity index (χ3v) is 4.29. The molecule has 0 N–H and O–H groups in total. The number of ketones is 1. The average molecular weight is 363 g/mol. The molecule has 0 spiro atoms.